The van der Waals surface area contributed by atoms with Crippen LogP contribution in [0, 0.1) is 5.41 Å². The van der Waals surface area contributed by atoms with Gasteiger partial charge in [0.25, 0.3) is 0 Å². The van der Waals surface area contributed by atoms with E-state index in [0.717, 1.165) is 16.7 Å². The fraction of sp³-hybridized carbons (Fsp3) is 0.400. The van der Waals surface area contributed by atoms with Crippen molar-refractivity contribution in [3.8, 4) is 0 Å². The lowest BCUT2D eigenvalue weighted by atomic mass is 9.79. The number of ether oxygens (including phenoxy) is 3. The molecule has 1 aromatic heterocycles. The van der Waals surface area contributed by atoms with E-state index in [1.54, 1.807) is 24.1 Å². The Hall–Kier alpha value is -3.69. The van der Waals surface area contributed by atoms with Crippen LogP contribution in [0.3, 0.4) is 0 Å². The van der Waals surface area contributed by atoms with Gasteiger partial charge < -0.3 is 19.1 Å². The minimum absolute atomic E-state index is 0.103. The largest absolute Gasteiger partial charge is 0.465 e. The third-order valence-corrected chi connectivity index (χ3v) is 7.73. The molecule has 10 heteroatoms. The van der Waals surface area contributed by atoms with E-state index in [4.69, 9.17) is 25.8 Å². The van der Waals surface area contributed by atoms with Gasteiger partial charge in [0.2, 0.25) is 5.28 Å². The molecule has 0 N–H and O–H groups in total. The molecular formula is C30H33ClN4O5. The number of aromatic nitrogens is 2. The molecule has 1 saturated heterocycles. The summed E-state index contributed by atoms with van der Waals surface area (Å²) in [5.41, 5.74) is 2.05. The van der Waals surface area contributed by atoms with Gasteiger partial charge in [-0.3, -0.25) is 9.69 Å². The molecular weight excluding hydrogens is 532 g/mol. The average molecular weight is 565 g/mol. The van der Waals surface area contributed by atoms with E-state index in [2.05, 4.69) is 14.9 Å². The zero-order valence-electron chi connectivity index (χ0n) is 22.5. The predicted octanol–water partition coefficient (Wildman–Crippen LogP) is 5.19. The van der Waals surface area contributed by atoms with Gasteiger partial charge in [0.15, 0.2) is 6.23 Å². The molecule has 3 aromatic rings. The van der Waals surface area contributed by atoms with Gasteiger partial charge in [0, 0.05) is 31.4 Å². The number of halogens is 1. The maximum absolute atomic E-state index is 13.3. The van der Waals surface area contributed by atoms with Crippen LogP contribution in [0.5, 0.6) is 0 Å². The number of carbonyl (C=O) groups is 2. The smallest absolute Gasteiger partial charge is 0.412 e. The predicted molar refractivity (Wildman–Crippen MR) is 150 cm³/mol. The molecule has 1 amide bonds. The van der Waals surface area contributed by atoms with Crippen molar-refractivity contribution in [1.29, 1.82) is 0 Å². The number of piperidine rings is 1. The molecule has 40 heavy (non-hydrogen) atoms. The van der Waals surface area contributed by atoms with Gasteiger partial charge in [-0.2, -0.15) is 0 Å². The van der Waals surface area contributed by atoms with Crippen LogP contribution in [-0.4, -0.2) is 59.8 Å². The van der Waals surface area contributed by atoms with Gasteiger partial charge >= 0.3 is 12.1 Å². The minimum atomic E-state index is -0.866. The Labute approximate surface area is 239 Å². The van der Waals surface area contributed by atoms with Crippen molar-refractivity contribution >= 4 is 29.5 Å². The van der Waals surface area contributed by atoms with Crippen LogP contribution in [0.4, 0.5) is 10.6 Å². The lowest BCUT2D eigenvalue weighted by Crippen LogP contribution is -2.49. The number of anilines is 1. The van der Waals surface area contributed by atoms with Crippen LogP contribution in [0.1, 0.15) is 42.7 Å². The maximum Gasteiger partial charge on any atom is 0.412 e. The number of hydrogen-bond acceptors (Lipinski definition) is 8. The van der Waals surface area contributed by atoms with Crippen molar-refractivity contribution in [1.82, 2.24) is 14.9 Å². The van der Waals surface area contributed by atoms with Crippen LogP contribution >= 0.6 is 11.6 Å². The highest BCUT2D eigenvalue weighted by atomic mass is 35.5. The van der Waals surface area contributed by atoms with Gasteiger partial charge in [0.1, 0.15) is 12.4 Å². The molecule has 0 radical (unpaired) electrons. The van der Waals surface area contributed by atoms with Crippen LogP contribution in [0.2, 0.25) is 5.28 Å². The van der Waals surface area contributed by atoms with Gasteiger partial charge in [-0.25, -0.2) is 14.8 Å². The number of amides is 1. The van der Waals surface area contributed by atoms with Crippen molar-refractivity contribution in [2.45, 2.75) is 39.0 Å². The molecule has 2 aliphatic heterocycles. The van der Waals surface area contributed by atoms with Gasteiger partial charge in [-0.05, 0) is 55.0 Å². The second-order valence-corrected chi connectivity index (χ2v) is 10.4. The quantitative estimate of drug-likeness (QED) is 0.272. The highest BCUT2D eigenvalue weighted by Crippen LogP contribution is 2.39. The molecule has 1 atom stereocenters. The second-order valence-electron chi connectivity index (χ2n) is 10.0. The summed E-state index contributed by atoms with van der Waals surface area (Å²) < 4.78 is 17.7. The molecule has 1 unspecified atom stereocenters. The maximum atomic E-state index is 13.3. The third-order valence-electron chi connectivity index (χ3n) is 7.55. The molecule has 0 aliphatic carbocycles. The molecule has 2 aliphatic rings. The first-order chi connectivity index (χ1) is 19.5. The fourth-order valence-electron chi connectivity index (χ4n) is 5.29. The first-order valence-electron chi connectivity index (χ1n) is 13.6. The zero-order valence-corrected chi connectivity index (χ0v) is 23.3. The molecule has 3 heterocycles. The number of rotatable bonds is 8. The van der Waals surface area contributed by atoms with Crippen molar-refractivity contribution < 1.29 is 23.8 Å². The minimum Gasteiger partial charge on any atom is -0.465 e. The van der Waals surface area contributed by atoms with E-state index in [9.17, 15) is 9.59 Å². The zero-order chi connectivity index (χ0) is 28.0. The number of benzene rings is 2. The monoisotopic (exact) mass is 564 g/mol. The Bertz CT molecular complexity index is 1320. The first-order valence-corrected chi connectivity index (χ1v) is 13.9. The van der Waals surface area contributed by atoms with Crippen LogP contribution in [0.25, 0.3) is 0 Å². The molecule has 2 aromatic carbocycles. The summed E-state index contributed by atoms with van der Waals surface area (Å²) in [4.78, 5) is 38.6. The highest BCUT2D eigenvalue weighted by Gasteiger charge is 2.45. The summed E-state index contributed by atoms with van der Waals surface area (Å²) >= 11 is 6.00. The molecule has 0 bridgehead atoms. The van der Waals surface area contributed by atoms with Gasteiger partial charge in [-0.15, -0.1) is 0 Å². The Morgan fingerprint density at radius 3 is 2.50 bits per heavy atom. The number of hydrogen-bond donors (Lipinski definition) is 0. The number of fused-ring (bicyclic) bond motifs is 1. The molecule has 5 rings (SSSR count). The summed E-state index contributed by atoms with van der Waals surface area (Å²) in [6, 6.07) is 19.3. The van der Waals surface area contributed by atoms with Crippen molar-refractivity contribution in [3.63, 3.8) is 0 Å². The number of nitrogens with zero attached hydrogens (tertiary/aromatic N) is 4. The van der Waals surface area contributed by atoms with E-state index in [1.165, 1.54) is 0 Å². The highest BCUT2D eigenvalue weighted by molar-refractivity contribution is 6.28. The van der Waals surface area contributed by atoms with E-state index in [1.807, 2.05) is 54.6 Å². The topological polar surface area (TPSA) is 94.1 Å². The molecule has 0 saturated carbocycles. The third kappa shape index (κ3) is 6.21. The average Bonchev–Trinajstić information content (AvgIpc) is 2.99. The lowest BCUT2D eigenvalue weighted by molar-refractivity contribution is -0.167. The SMILES string of the molecule is CCOC(=O)C1(COC2c3ccccc3CCN2C(=O)OCc2ccccc2)CCN(c2ccnc(Cl)n2)CC1. The van der Waals surface area contributed by atoms with Crippen molar-refractivity contribution in [2.24, 2.45) is 5.41 Å². The molecule has 0 spiro atoms. The fourth-order valence-corrected chi connectivity index (χ4v) is 5.44. The van der Waals surface area contributed by atoms with E-state index in [0.29, 0.717) is 44.7 Å². The Kier molecular flexibility index (Phi) is 8.81. The second kappa shape index (κ2) is 12.7. The van der Waals surface area contributed by atoms with Crippen molar-refractivity contribution in [2.75, 3.05) is 37.7 Å². The Morgan fingerprint density at radius 1 is 1.00 bits per heavy atom. The summed E-state index contributed by atoms with van der Waals surface area (Å²) in [5.74, 6) is 0.421. The molecule has 210 valence electrons. The standard InChI is InChI=1S/C30H33ClN4O5/c1-2-38-27(36)30(14-18-34(19-15-30)25-12-16-32-28(31)33-25)21-40-26-24-11-7-6-10-23(24)13-17-35(26)29(37)39-20-22-8-4-3-5-9-22/h3-12,16,26H,2,13-15,17-21H2,1H3. The first kappa shape index (κ1) is 27.9. The van der Waals surface area contributed by atoms with Gasteiger partial charge in [-0.1, -0.05) is 54.6 Å². The Morgan fingerprint density at radius 2 is 1.75 bits per heavy atom. The van der Waals surface area contributed by atoms with Crippen LogP contribution in [0.15, 0.2) is 66.9 Å². The summed E-state index contributed by atoms with van der Waals surface area (Å²) in [6.07, 6.45) is 2.17. The Balaban J connectivity index is 1.33. The summed E-state index contributed by atoms with van der Waals surface area (Å²) in [5, 5.41) is 0.179. The van der Waals surface area contributed by atoms with Crippen LogP contribution < -0.4 is 4.90 Å². The van der Waals surface area contributed by atoms with Crippen LogP contribution in [-0.2, 0) is 32.0 Å². The lowest BCUT2D eigenvalue weighted by Gasteiger charge is -2.42. The van der Waals surface area contributed by atoms with E-state index < -0.39 is 17.7 Å². The van der Waals surface area contributed by atoms with Gasteiger partial charge in [0.05, 0.1) is 18.6 Å². The summed E-state index contributed by atoms with van der Waals surface area (Å²) in [6.45, 7) is 3.93. The number of carbonyl (C=O) groups excluding carboxylic acids is 2. The summed E-state index contributed by atoms with van der Waals surface area (Å²) in [7, 11) is 0. The van der Waals surface area contributed by atoms with E-state index >= 15 is 0 Å². The van der Waals surface area contributed by atoms with Crippen molar-refractivity contribution in [3.05, 3.63) is 88.8 Å². The number of esters is 1. The van der Waals surface area contributed by atoms with E-state index in [-0.39, 0.29) is 31.1 Å². The normalized spacial score (nSPS) is 18.1. The molecule has 1 fully saturated rings. The molecule has 9 nitrogen and oxygen atoms in total.